The van der Waals surface area contributed by atoms with E-state index in [2.05, 4.69) is 26.1 Å². The molecule has 0 bridgehead atoms. The molecule has 0 fully saturated rings. The largest absolute Gasteiger partial charge is 0.350 e. The topological polar surface area (TPSA) is 96.0 Å². The number of anilines is 3. The SMILES string of the molecule is CC(=O)Nc1ccc(Nc2ccc(C(=O)NCCc3ccccc3)nn2)cc1. The third kappa shape index (κ3) is 5.63. The molecule has 0 saturated carbocycles. The van der Waals surface area contributed by atoms with Gasteiger partial charge in [-0.1, -0.05) is 30.3 Å². The van der Waals surface area contributed by atoms with Crippen LogP contribution in [0.5, 0.6) is 0 Å². The summed E-state index contributed by atoms with van der Waals surface area (Å²) in [6.45, 7) is 1.99. The number of amides is 2. The molecule has 28 heavy (non-hydrogen) atoms. The molecule has 0 aliphatic heterocycles. The van der Waals surface area contributed by atoms with Gasteiger partial charge in [-0.2, -0.15) is 0 Å². The Morgan fingerprint density at radius 1 is 0.857 bits per heavy atom. The van der Waals surface area contributed by atoms with Crippen LogP contribution in [0.3, 0.4) is 0 Å². The molecule has 0 atom stereocenters. The summed E-state index contributed by atoms with van der Waals surface area (Å²) in [4.78, 5) is 23.2. The summed E-state index contributed by atoms with van der Waals surface area (Å²) >= 11 is 0. The summed E-state index contributed by atoms with van der Waals surface area (Å²) in [5, 5.41) is 16.7. The Kier molecular flexibility index (Phi) is 6.30. The second kappa shape index (κ2) is 9.27. The Balaban J connectivity index is 1.51. The lowest BCUT2D eigenvalue weighted by molar-refractivity contribution is -0.114. The predicted molar refractivity (Wildman–Crippen MR) is 109 cm³/mol. The van der Waals surface area contributed by atoms with E-state index >= 15 is 0 Å². The van der Waals surface area contributed by atoms with Gasteiger partial charge in [-0.05, 0) is 48.4 Å². The van der Waals surface area contributed by atoms with Crippen molar-refractivity contribution >= 4 is 29.0 Å². The van der Waals surface area contributed by atoms with E-state index in [-0.39, 0.29) is 17.5 Å². The van der Waals surface area contributed by atoms with Gasteiger partial charge in [0.1, 0.15) is 0 Å². The number of benzene rings is 2. The number of carbonyl (C=O) groups excluding carboxylic acids is 2. The lowest BCUT2D eigenvalue weighted by atomic mass is 10.1. The van der Waals surface area contributed by atoms with Crippen molar-refractivity contribution in [2.45, 2.75) is 13.3 Å². The van der Waals surface area contributed by atoms with Gasteiger partial charge in [-0.25, -0.2) is 0 Å². The molecule has 0 aliphatic rings. The lowest BCUT2D eigenvalue weighted by Gasteiger charge is -2.08. The highest BCUT2D eigenvalue weighted by Crippen LogP contribution is 2.17. The lowest BCUT2D eigenvalue weighted by Crippen LogP contribution is -2.26. The second-order valence-corrected chi connectivity index (χ2v) is 6.18. The van der Waals surface area contributed by atoms with Gasteiger partial charge >= 0.3 is 0 Å². The number of nitrogens with one attached hydrogen (secondary N) is 3. The van der Waals surface area contributed by atoms with Crippen LogP contribution < -0.4 is 16.0 Å². The van der Waals surface area contributed by atoms with Gasteiger partial charge in [-0.15, -0.1) is 10.2 Å². The summed E-state index contributed by atoms with van der Waals surface area (Å²) in [5.41, 5.74) is 2.94. The highest BCUT2D eigenvalue weighted by molar-refractivity contribution is 5.92. The first-order chi connectivity index (χ1) is 13.6. The summed E-state index contributed by atoms with van der Waals surface area (Å²) in [5.74, 6) is 0.145. The van der Waals surface area contributed by atoms with Crippen LogP contribution in [0, 0.1) is 0 Å². The van der Waals surface area contributed by atoms with Crippen molar-refractivity contribution in [1.82, 2.24) is 15.5 Å². The van der Waals surface area contributed by atoms with Gasteiger partial charge in [0, 0.05) is 24.8 Å². The highest BCUT2D eigenvalue weighted by atomic mass is 16.2. The molecule has 0 saturated heterocycles. The standard InChI is InChI=1S/C21H21N5O2/c1-15(27)23-17-7-9-18(10-8-17)24-20-12-11-19(25-26-20)21(28)22-14-13-16-5-3-2-4-6-16/h2-12H,13-14H2,1H3,(H,22,28)(H,23,27)(H,24,26). The van der Waals surface area contributed by atoms with E-state index in [1.807, 2.05) is 42.5 Å². The van der Waals surface area contributed by atoms with E-state index in [4.69, 9.17) is 0 Å². The van der Waals surface area contributed by atoms with E-state index < -0.39 is 0 Å². The fourth-order valence-corrected chi connectivity index (χ4v) is 2.56. The number of hydrogen-bond acceptors (Lipinski definition) is 5. The molecule has 1 heterocycles. The van der Waals surface area contributed by atoms with Crippen molar-refractivity contribution in [3.63, 3.8) is 0 Å². The van der Waals surface area contributed by atoms with Crippen molar-refractivity contribution in [2.75, 3.05) is 17.2 Å². The molecule has 0 aliphatic carbocycles. The third-order valence-corrected chi connectivity index (χ3v) is 3.92. The monoisotopic (exact) mass is 375 g/mol. The van der Waals surface area contributed by atoms with Gasteiger partial charge in [0.15, 0.2) is 11.5 Å². The molecule has 2 aromatic carbocycles. The van der Waals surface area contributed by atoms with Crippen LogP contribution in [-0.4, -0.2) is 28.6 Å². The molecule has 0 spiro atoms. The number of carbonyl (C=O) groups is 2. The fourth-order valence-electron chi connectivity index (χ4n) is 2.56. The van der Waals surface area contributed by atoms with Crippen LogP contribution in [-0.2, 0) is 11.2 Å². The summed E-state index contributed by atoms with van der Waals surface area (Å²) in [6.07, 6.45) is 0.758. The van der Waals surface area contributed by atoms with Crippen LogP contribution >= 0.6 is 0 Å². The zero-order valence-corrected chi connectivity index (χ0v) is 15.5. The van der Waals surface area contributed by atoms with Crippen LogP contribution in [0.4, 0.5) is 17.2 Å². The average Bonchev–Trinajstić information content (AvgIpc) is 2.70. The van der Waals surface area contributed by atoms with Gasteiger partial charge < -0.3 is 16.0 Å². The summed E-state index contributed by atoms with van der Waals surface area (Å²) in [6, 6.07) is 20.5. The van der Waals surface area contributed by atoms with Crippen LogP contribution in [0.1, 0.15) is 23.0 Å². The first kappa shape index (κ1) is 19.0. The summed E-state index contributed by atoms with van der Waals surface area (Å²) in [7, 11) is 0. The third-order valence-electron chi connectivity index (χ3n) is 3.92. The molecule has 3 rings (SSSR count). The van der Waals surface area contributed by atoms with Crippen molar-refractivity contribution in [1.29, 1.82) is 0 Å². The molecule has 0 radical (unpaired) electrons. The first-order valence-electron chi connectivity index (χ1n) is 8.91. The molecular weight excluding hydrogens is 354 g/mol. The Morgan fingerprint density at radius 2 is 1.57 bits per heavy atom. The maximum atomic E-state index is 12.2. The Bertz CT molecular complexity index is 925. The number of nitrogens with zero attached hydrogens (tertiary/aromatic N) is 2. The average molecular weight is 375 g/mol. The minimum atomic E-state index is -0.255. The predicted octanol–water partition coefficient (Wildman–Crippen LogP) is 3.15. The minimum Gasteiger partial charge on any atom is -0.350 e. The van der Waals surface area contributed by atoms with Gasteiger partial charge in [0.05, 0.1) is 0 Å². The van der Waals surface area contributed by atoms with E-state index in [9.17, 15) is 9.59 Å². The zero-order chi connectivity index (χ0) is 19.8. The van der Waals surface area contributed by atoms with Crippen LogP contribution in [0.15, 0.2) is 66.7 Å². The summed E-state index contributed by atoms with van der Waals surface area (Å²) < 4.78 is 0. The first-order valence-corrected chi connectivity index (χ1v) is 8.91. The van der Waals surface area contributed by atoms with Gasteiger partial charge in [0.25, 0.3) is 5.91 Å². The van der Waals surface area contributed by atoms with Crippen molar-refractivity contribution in [3.8, 4) is 0 Å². The quantitative estimate of drug-likeness (QED) is 0.590. The van der Waals surface area contributed by atoms with E-state index in [0.29, 0.717) is 18.1 Å². The number of hydrogen-bond donors (Lipinski definition) is 3. The molecule has 7 nitrogen and oxygen atoms in total. The Hall–Kier alpha value is -3.74. The molecule has 2 amide bonds. The minimum absolute atomic E-state index is 0.121. The molecule has 3 N–H and O–H groups in total. The number of rotatable bonds is 7. The van der Waals surface area contributed by atoms with E-state index in [1.165, 1.54) is 6.92 Å². The maximum absolute atomic E-state index is 12.2. The molecule has 1 aromatic heterocycles. The second-order valence-electron chi connectivity index (χ2n) is 6.18. The molecule has 7 heteroatoms. The van der Waals surface area contributed by atoms with Crippen molar-refractivity contribution < 1.29 is 9.59 Å². The molecular formula is C21H21N5O2. The van der Waals surface area contributed by atoms with E-state index in [1.54, 1.807) is 24.3 Å². The Labute approximate surface area is 163 Å². The van der Waals surface area contributed by atoms with E-state index in [0.717, 1.165) is 17.7 Å². The highest BCUT2D eigenvalue weighted by Gasteiger charge is 2.08. The smallest absolute Gasteiger partial charge is 0.271 e. The Morgan fingerprint density at radius 3 is 2.21 bits per heavy atom. The zero-order valence-electron chi connectivity index (χ0n) is 15.5. The molecule has 3 aromatic rings. The maximum Gasteiger partial charge on any atom is 0.271 e. The van der Waals surface area contributed by atoms with Crippen LogP contribution in [0.2, 0.25) is 0 Å². The van der Waals surface area contributed by atoms with Crippen LogP contribution in [0.25, 0.3) is 0 Å². The van der Waals surface area contributed by atoms with Crippen molar-refractivity contribution in [2.24, 2.45) is 0 Å². The molecule has 0 unspecified atom stereocenters. The van der Waals surface area contributed by atoms with Crippen molar-refractivity contribution in [3.05, 3.63) is 78.0 Å². The van der Waals surface area contributed by atoms with Gasteiger partial charge in [-0.3, -0.25) is 9.59 Å². The fraction of sp³-hybridized carbons (Fsp3) is 0.143. The van der Waals surface area contributed by atoms with Gasteiger partial charge in [0.2, 0.25) is 5.91 Å². The molecule has 142 valence electrons. The number of aromatic nitrogens is 2. The normalized spacial score (nSPS) is 10.2.